The number of anilines is 1. The molecule has 2 aromatic rings. The Hall–Kier alpha value is -1.94. The molecular formula is C14H17N3O. The van der Waals surface area contributed by atoms with Gasteiger partial charge in [-0.25, -0.2) is 0 Å². The maximum Gasteiger partial charge on any atom is 0.238 e. The summed E-state index contributed by atoms with van der Waals surface area (Å²) in [6.07, 6.45) is 1.76. The third kappa shape index (κ3) is 2.65. The minimum Gasteiger partial charge on any atom is -0.324 e. The molecule has 1 amide bonds. The summed E-state index contributed by atoms with van der Waals surface area (Å²) < 4.78 is 0. The van der Waals surface area contributed by atoms with Crippen LogP contribution in [0.15, 0.2) is 30.5 Å². The number of pyridine rings is 1. The zero-order valence-corrected chi connectivity index (χ0v) is 10.7. The minimum absolute atomic E-state index is 0.0362. The maximum absolute atomic E-state index is 11.7. The Bertz CT molecular complexity index is 566. The number of nitrogens with zero attached hydrogens (tertiary/aromatic N) is 1. The van der Waals surface area contributed by atoms with Crippen LogP contribution in [0.2, 0.25) is 0 Å². The molecule has 2 N–H and O–H groups in total. The highest BCUT2D eigenvalue weighted by Gasteiger charge is 2.07. The second kappa shape index (κ2) is 5.60. The Kier molecular flexibility index (Phi) is 3.89. The first kappa shape index (κ1) is 12.5. The van der Waals surface area contributed by atoms with E-state index in [4.69, 9.17) is 0 Å². The predicted molar refractivity (Wildman–Crippen MR) is 73.7 cm³/mol. The first-order valence-corrected chi connectivity index (χ1v) is 6.07. The molecule has 0 atom stereocenters. The molecule has 1 heterocycles. The smallest absolute Gasteiger partial charge is 0.238 e. The van der Waals surface area contributed by atoms with Crippen molar-refractivity contribution in [1.29, 1.82) is 0 Å². The van der Waals surface area contributed by atoms with E-state index < -0.39 is 0 Å². The SMILES string of the molecule is CCNCC(=O)Nc1ccc(C)c2ncccc12. The van der Waals surface area contributed by atoms with Crippen LogP contribution in [-0.4, -0.2) is 24.0 Å². The van der Waals surface area contributed by atoms with E-state index in [2.05, 4.69) is 15.6 Å². The number of hydrogen-bond donors (Lipinski definition) is 2. The molecule has 18 heavy (non-hydrogen) atoms. The molecule has 4 heteroatoms. The van der Waals surface area contributed by atoms with Crippen LogP contribution in [0.1, 0.15) is 12.5 Å². The molecule has 4 nitrogen and oxygen atoms in total. The molecule has 0 radical (unpaired) electrons. The van der Waals surface area contributed by atoms with Gasteiger partial charge in [0.15, 0.2) is 0 Å². The normalized spacial score (nSPS) is 10.6. The quantitative estimate of drug-likeness (QED) is 0.864. The molecule has 0 aliphatic rings. The number of amides is 1. The average molecular weight is 243 g/mol. The first-order chi connectivity index (χ1) is 8.72. The molecule has 0 saturated heterocycles. The van der Waals surface area contributed by atoms with Crippen LogP contribution >= 0.6 is 0 Å². The number of benzene rings is 1. The van der Waals surface area contributed by atoms with Gasteiger partial charge in [0.25, 0.3) is 0 Å². The summed E-state index contributed by atoms with van der Waals surface area (Å²) in [6, 6.07) is 7.74. The van der Waals surface area contributed by atoms with E-state index in [-0.39, 0.29) is 5.91 Å². The number of aromatic nitrogens is 1. The number of fused-ring (bicyclic) bond motifs is 1. The van der Waals surface area contributed by atoms with Gasteiger partial charge in [0, 0.05) is 11.6 Å². The maximum atomic E-state index is 11.7. The fraction of sp³-hybridized carbons (Fsp3) is 0.286. The molecule has 0 aliphatic heterocycles. The third-order valence-corrected chi connectivity index (χ3v) is 2.78. The van der Waals surface area contributed by atoms with Crippen LogP contribution in [0.4, 0.5) is 5.69 Å². The molecule has 1 aromatic carbocycles. The Morgan fingerprint density at radius 1 is 1.33 bits per heavy atom. The monoisotopic (exact) mass is 243 g/mol. The summed E-state index contributed by atoms with van der Waals surface area (Å²) in [7, 11) is 0. The van der Waals surface area contributed by atoms with E-state index in [9.17, 15) is 4.79 Å². The van der Waals surface area contributed by atoms with Crippen molar-refractivity contribution in [3.8, 4) is 0 Å². The zero-order chi connectivity index (χ0) is 13.0. The first-order valence-electron chi connectivity index (χ1n) is 6.07. The molecule has 0 bridgehead atoms. The van der Waals surface area contributed by atoms with Gasteiger partial charge in [-0.2, -0.15) is 0 Å². The highest BCUT2D eigenvalue weighted by molar-refractivity contribution is 6.02. The van der Waals surface area contributed by atoms with Crippen LogP contribution in [0.5, 0.6) is 0 Å². The van der Waals surface area contributed by atoms with E-state index in [1.54, 1.807) is 6.20 Å². The summed E-state index contributed by atoms with van der Waals surface area (Å²) in [4.78, 5) is 16.0. The molecule has 2 rings (SSSR count). The van der Waals surface area contributed by atoms with E-state index in [0.29, 0.717) is 6.54 Å². The number of nitrogens with one attached hydrogen (secondary N) is 2. The van der Waals surface area contributed by atoms with E-state index in [0.717, 1.165) is 28.7 Å². The van der Waals surface area contributed by atoms with Crippen LogP contribution in [-0.2, 0) is 4.79 Å². The highest BCUT2D eigenvalue weighted by atomic mass is 16.1. The Morgan fingerprint density at radius 2 is 2.17 bits per heavy atom. The van der Waals surface area contributed by atoms with Gasteiger partial charge in [0.2, 0.25) is 5.91 Å². The van der Waals surface area contributed by atoms with Crippen molar-refractivity contribution < 1.29 is 4.79 Å². The summed E-state index contributed by atoms with van der Waals surface area (Å²) in [6.45, 7) is 5.09. The highest BCUT2D eigenvalue weighted by Crippen LogP contribution is 2.24. The second-order valence-corrected chi connectivity index (χ2v) is 4.16. The number of carbonyl (C=O) groups is 1. The predicted octanol–water partition coefficient (Wildman–Crippen LogP) is 2.09. The number of aryl methyl sites for hydroxylation is 1. The summed E-state index contributed by atoms with van der Waals surface area (Å²) in [5.41, 5.74) is 2.85. The van der Waals surface area contributed by atoms with Crippen molar-refractivity contribution in [2.24, 2.45) is 0 Å². The topological polar surface area (TPSA) is 54.0 Å². The van der Waals surface area contributed by atoms with Crippen molar-refractivity contribution in [3.05, 3.63) is 36.0 Å². The lowest BCUT2D eigenvalue weighted by molar-refractivity contribution is -0.115. The molecule has 0 spiro atoms. The lowest BCUT2D eigenvalue weighted by Crippen LogP contribution is -2.27. The molecule has 94 valence electrons. The van der Waals surface area contributed by atoms with Crippen molar-refractivity contribution in [1.82, 2.24) is 10.3 Å². The lowest BCUT2D eigenvalue weighted by Gasteiger charge is -2.10. The largest absolute Gasteiger partial charge is 0.324 e. The number of hydrogen-bond acceptors (Lipinski definition) is 3. The fourth-order valence-electron chi connectivity index (χ4n) is 1.86. The fourth-order valence-corrected chi connectivity index (χ4v) is 1.86. The van der Waals surface area contributed by atoms with Gasteiger partial charge in [-0.15, -0.1) is 0 Å². The van der Waals surface area contributed by atoms with Gasteiger partial charge >= 0.3 is 0 Å². The van der Waals surface area contributed by atoms with Gasteiger partial charge < -0.3 is 10.6 Å². The lowest BCUT2D eigenvalue weighted by atomic mass is 10.1. The van der Waals surface area contributed by atoms with E-state index in [1.165, 1.54) is 0 Å². The van der Waals surface area contributed by atoms with Crippen molar-refractivity contribution in [2.45, 2.75) is 13.8 Å². The van der Waals surface area contributed by atoms with Crippen molar-refractivity contribution in [3.63, 3.8) is 0 Å². The van der Waals surface area contributed by atoms with Crippen molar-refractivity contribution >= 4 is 22.5 Å². The molecule has 0 fully saturated rings. The van der Waals surface area contributed by atoms with E-state index >= 15 is 0 Å². The summed E-state index contributed by atoms with van der Waals surface area (Å²) in [5, 5.41) is 6.88. The van der Waals surface area contributed by atoms with Gasteiger partial charge in [-0.1, -0.05) is 13.0 Å². The number of carbonyl (C=O) groups excluding carboxylic acids is 1. The molecule has 0 saturated carbocycles. The van der Waals surface area contributed by atoms with Crippen LogP contribution in [0.25, 0.3) is 10.9 Å². The zero-order valence-electron chi connectivity index (χ0n) is 10.7. The van der Waals surface area contributed by atoms with Crippen LogP contribution in [0, 0.1) is 6.92 Å². The van der Waals surface area contributed by atoms with Gasteiger partial charge in [-0.05, 0) is 37.2 Å². The Labute approximate surface area is 106 Å². The van der Waals surface area contributed by atoms with Gasteiger partial charge in [-0.3, -0.25) is 9.78 Å². The Balaban J connectivity index is 2.29. The van der Waals surface area contributed by atoms with E-state index in [1.807, 2.05) is 38.1 Å². The molecular weight excluding hydrogens is 226 g/mol. The number of likely N-dealkylation sites (N-methyl/N-ethyl adjacent to an activating group) is 1. The van der Waals surface area contributed by atoms with Gasteiger partial charge in [0.05, 0.1) is 17.7 Å². The van der Waals surface area contributed by atoms with Gasteiger partial charge in [0.1, 0.15) is 0 Å². The Morgan fingerprint density at radius 3 is 2.94 bits per heavy atom. The minimum atomic E-state index is -0.0362. The standard InChI is InChI=1S/C14H17N3O/c1-3-15-9-13(18)17-12-7-6-10(2)14-11(12)5-4-8-16-14/h4-8,15H,3,9H2,1-2H3,(H,17,18). The number of rotatable bonds is 4. The molecule has 0 unspecified atom stereocenters. The third-order valence-electron chi connectivity index (χ3n) is 2.78. The molecule has 1 aromatic heterocycles. The summed E-state index contributed by atoms with van der Waals surface area (Å²) >= 11 is 0. The van der Waals surface area contributed by atoms with Crippen molar-refractivity contribution in [2.75, 3.05) is 18.4 Å². The summed E-state index contributed by atoms with van der Waals surface area (Å²) in [5.74, 6) is -0.0362. The molecule has 0 aliphatic carbocycles. The van der Waals surface area contributed by atoms with Crippen LogP contribution < -0.4 is 10.6 Å². The van der Waals surface area contributed by atoms with Crippen LogP contribution in [0.3, 0.4) is 0 Å². The second-order valence-electron chi connectivity index (χ2n) is 4.16. The average Bonchev–Trinajstić information content (AvgIpc) is 2.40.